The van der Waals surface area contributed by atoms with Gasteiger partial charge in [-0.3, -0.25) is 10.1 Å². The quantitative estimate of drug-likeness (QED) is 0.251. The Balaban J connectivity index is 1.67. The number of hydrogen-bond acceptors (Lipinski definition) is 6. The molecule has 3 aromatic rings. The average molecular weight is 413 g/mol. The van der Waals surface area contributed by atoms with Crippen LogP contribution in [-0.4, -0.2) is 28.4 Å². The van der Waals surface area contributed by atoms with Gasteiger partial charge in [-0.25, -0.2) is 0 Å². The Labute approximate surface area is 172 Å². The van der Waals surface area contributed by atoms with Crippen molar-refractivity contribution in [1.82, 2.24) is 9.78 Å². The van der Waals surface area contributed by atoms with E-state index in [1.165, 1.54) is 12.1 Å². The van der Waals surface area contributed by atoms with E-state index in [0.29, 0.717) is 18.8 Å². The number of nitro benzene ring substituents is 1. The van der Waals surface area contributed by atoms with Gasteiger partial charge in [0.05, 0.1) is 12.0 Å². The van der Waals surface area contributed by atoms with Crippen LogP contribution in [0.15, 0.2) is 65.6 Å². The Hall–Kier alpha value is -3.30. The van der Waals surface area contributed by atoms with Gasteiger partial charge in [-0.1, -0.05) is 18.7 Å². The van der Waals surface area contributed by atoms with Crippen molar-refractivity contribution in [3.05, 3.63) is 81.7 Å². The molecular weight excluding hydrogens is 392 g/mol. The summed E-state index contributed by atoms with van der Waals surface area (Å²) in [5.41, 5.74) is 1.63. The fourth-order valence-electron chi connectivity index (χ4n) is 2.79. The zero-order chi connectivity index (χ0) is 20.8. The number of ether oxygens (including phenoxy) is 1. The predicted octanol–water partition coefficient (Wildman–Crippen LogP) is 3.02. The summed E-state index contributed by atoms with van der Waals surface area (Å²) in [5, 5.41) is 15.3. The summed E-state index contributed by atoms with van der Waals surface area (Å²) in [4.78, 5) is 11.9. The van der Waals surface area contributed by atoms with Gasteiger partial charge in [0.15, 0.2) is 6.67 Å². The lowest BCUT2D eigenvalue weighted by molar-refractivity contribution is -0.917. The molecular formula is C20H21N4O4S+. The number of aromatic nitrogens is 2. The van der Waals surface area contributed by atoms with Crippen molar-refractivity contribution in [2.45, 2.75) is 13.2 Å². The Kier molecular flexibility index (Phi) is 6.53. The van der Waals surface area contributed by atoms with Crippen molar-refractivity contribution in [2.24, 2.45) is 0 Å². The summed E-state index contributed by atoms with van der Waals surface area (Å²) in [6, 6.07) is 14.0. The molecule has 0 saturated heterocycles. The second-order valence-corrected chi connectivity index (χ2v) is 6.86. The van der Waals surface area contributed by atoms with Crippen LogP contribution in [0.2, 0.25) is 0 Å². The molecule has 0 aliphatic carbocycles. The smallest absolute Gasteiger partial charge is 0.292 e. The molecule has 150 valence electrons. The highest BCUT2D eigenvalue weighted by molar-refractivity contribution is 7.71. The lowest BCUT2D eigenvalue weighted by atomic mass is 10.2. The first-order valence-corrected chi connectivity index (χ1v) is 9.34. The van der Waals surface area contributed by atoms with E-state index in [0.717, 1.165) is 22.8 Å². The Morgan fingerprint density at radius 2 is 2.10 bits per heavy atom. The zero-order valence-electron chi connectivity index (χ0n) is 15.9. The number of nitrogens with zero attached hydrogens (tertiary/aromatic N) is 3. The molecule has 0 amide bonds. The highest BCUT2D eigenvalue weighted by Gasteiger charge is 2.14. The van der Waals surface area contributed by atoms with Crippen LogP contribution in [0.4, 0.5) is 5.69 Å². The summed E-state index contributed by atoms with van der Waals surface area (Å²) in [6.07, 6.45) is 1.70. The third kappa shape index (κ3) is 5.37. The molecule has 8 nitrogen and oxygen atoms in total. The monoisotopic (exact) mass is 413 g/mol. The van der Waals surface area contributed by atoms with Crippen molar-refractivity contribution < 1.29 is 19.0 Å². The largest absolute Gasteiger partial charge is 0.490 e. The van der Waals surface area contributed by atoms with E-state index in [1.807, 2.05) is 31.3 Å². The van der Waals surface area contributed by atoms with Crippen LogP contribution in [0.25, 0.3) is 11.5 Å². The van der Waals surface area contributed by atoms with Crippen molar-refractivity contribution in [3.63, 3.8) is 0 Å². The molecule has 0 aliphatic heterocycles. The molecule has 1 unspecified atom stereocenters. The van der Waals surface area contributed by atoms with Crippen LogP contribution >= 0.6 is 12.2 Å². The fourth-order valence-corrected chi connectivity index (χ4v) is 2.98. The maximum atomic E-state index is 11.0. The summed E-state index contributed by atoms with van der Waals surface area (Å²) in [7, 11) is 2.02. The van der Waals surface area contributed by atoms with Gasteiger partial charge in [0, 0.05) is 23.3 Å². The van der Waals surface area contributed by atoms with Gasteiger partial charge >= 0.3 is 0 Å². The van der Waals surface area contributed by atoms with Gasteiger partial charge < -0.3 is 14.1 Å². The molecule has 0 spiro atoms. The first kappa shape index (κ1) is 20.4. The van der Waals surface area contributed by atoms with Gasteiger partial charge in [0.25, 0.3) is 10.5 Å². The second kappa shape index (κ2) is 9.26. The molecule has 0 saturated carbocycles. The topological polar surface area (TPSA) is 87.8 Å². The van der Waals surface area contributed by atoms with E-state index < -0.39 is 4.92 Å². The Morgan fingerprint density at radius 1 is 1.34 bits per heavy atom. The van der Waals surface area contributed by atoms with Gasteiger partial charge in [-0.15, -0.1) is 5.10 Å². The maximum absolute atomic E-state index is 11.0. The van der Waals surface area contributed by atoms with E-state index in [1.54, 1.807) is 22.9 Å². The third-order valence-corrected chi connectivity index (χ3v) is 4.42. The van der Waals surface area contributed by atoms with Crippen molar-refractivity contribution in [3.8, 4) is 17.2 Å². The van der Waals surface area contributed by atoms with Crippen LogP contribution in [0, 0.1) is 15.0 Å². The van der Waals surface area contributed by atoms with Crippen LogP contribution in [0.1, 0.15) is 5.56 Å². The summed E-state index contributed by atoms with van der Waals surface area (Å²) < 4.78 is 12.6. The van der Waals surface area contributed by atoms with Crippen molar-refractivity contribution >= 4 is 17.9 Å². The Morgan fingerprint density at radius 3 is 2.79 bits per heavy atom. The van der Waals surface area contributed by atoms with E-state index in [9.17, 15) is 10.1 Å². The summed E-state index contributed by atoms with van der Waals surface area (Å²) >= 11 is 5.26. The van der Waals surface area contributed by atoms with E-state index in [2.05, 4.69) is 11.7 Å². The average Bonchev–Trinajstić information content (AvgIpc) is 3.07. The molecule has 0 bridgehead atoms. The maximum Gasteiger partial charge on any atom is 0.292 e. The molecule has 1 N–H and O–H groups in total. The van der Waals surface area contributed by atoms with Gasteiger partial charge in [-0.2, -0.15) is 4.68 Å². The van der Waals surface area contributed by atoms with Crippen LogP contribution < -0.4 is 9.64 Å². The molecule has 0 radical (unpaired) electrons. The van der Waals surface area contributed by atoms with Gasteiger partial charge in [0.2, 0.25) is 5.89 Å². The molecule has 1 heterocycles. The molecule has 29 heavy (non-hydrogen) atoms. The van der Waals surface area contributed by atoms with Crippen LogP contribution in [0.3, 0.4) is 0 Å². The Bertz CT molecular complexity index is 1060. The minimum Gasteiger partial charge on any atom is -0.490 e. The molecule has 1 aromatic heterocycles. The summed E-state index contributed by atoms with van der Waals surface area (Å²) in [6.45, 7) is 5.35. The van der Waals surface area contributed by atoms with Gasteiger partial charge in [0.1, 0.15) is 18.9 Å². The van der Waals surface area contributed by atoms with E-state index >= 15 is 0 Å². The number of benzene rings is 2. The number of nitro groups is 1. The standard InChI is InChI=1S/C20H20N4O4S/c1-3-11-27-18-9-7-15(8-10-18)13-22(2)14-23-20(29)28-19(21-23)16-5-4-6-17(12-16)24(25)26/h3-10,12H,1,11,13-14H2,2H3/p+1. The first-order chi connectivity index (χ1) is 14.0. The molecule has 1 atom stereocenters. The highest BCUT2D eigenvalue weighted by Crippen LogP contribution is 2.22. The second-order valence-electron chi connectivity index (χ2n) is 6.52. The molecule has 9 heteroatoms. The molecule has 0 aliphatic rings. The highest BCUT2D eigenvalue weighted by atomic mass is 32.1. The third-order valence-electron chi connectivity index (χ3n) is 4.13. The van der Waals surface area contributed by atoms with E-state index in [4.69, 9.17) is 21.4 Å². The predicted molar refractivity (Wildman–Crippen MR) is 110 cm³/mol. The fraction of sp³-hybridized carbons (Fsp3) is 0.200. The number of nitrogens with one attached hydrogen (secondary N) is 1. The SMILES string of the molecule is C=CCOc1ccc(C[NH+](C)Cn2nc(-c3cccc([N+](=O)[O-])c3)oc2=S)cc1. The molecule has 0 fully saturated rings. The lowest BCUT2D eigenvalue weighted by Crippen LogP contribution is -3.07. The zero-order valence-corrected chi connectivity index (χ0v) is 16.7. The van der Waals surface area contributed by atoms with E-state index in [-0.39, 0.29) is 16.4 Å². The molecule has 3 rings (SSSR count). The number of hydrogen-bond donors (Lipinski definition) is 1. The van der Waals surface area contributed by atoms with Crippen LogP contribution in [0.5, 0.6) is 5.75 Å². The normalized spacial score (nSPS) is 11.8. The minimum atomic E-state index is -0.458. The van der Waals surface area contributed by atoms with Crippen LogP contribution in [-0.2, 0) is 13.2 Å². The van der Waals surface area contributed by atoms with Crippen molar-refractivity contribution in [1.29, 1.82) is 0 Å². The van der Waals surface area contributed by atoms with Crippen molar-refractivity contribution in [2.75, 3.05) is 13.7 Å². The van der Waals surface area contributed by atoms with Gasteiger partial charge in [-0.05, 0) is 42.5 Å². The first-order valence-electron chi connectivity index (χ1n) is 8.93. The number of non-ortho nitro benzene ring substituents is 1. The number of quaternary nitrogens is 1. The number of rotatable bonds is 9. The minimum absolute atomic E-state index is 0.0265. The lowest BCUT2D eigenvalue weighted by Gasteiger charge is -2.13. The summed E-state index contributed by atoms with van der Waals surface area (Å²) in [5.74, 6) is 1.06. The molecule has 2 aromatic carbocycles.